The maximum Gasteiger partial charge on any atom is 0.338 e. The normalized spacial score (nSPS) is 12.4. The average Bonchev–Trinajstić information content (AvgIpc) is 3.03. The van der Waals surface area contributed by atoms with Crippen molar-refractivity contribution >= 4 is 58.6 Å². The van der Waals surface area contributed by atoms with Crippen LogP contribution in [-0.4, -0.2) is 56.6 Å². The first kappa shape index (κ1) is 24.2. The number of carbonyl (C=O) groups is 5. The number of hydrogen-bond donors (Lipinski definition) is 2. The first-order chi connectivity index (χ1) is 15.7. The van der Waals surface area contributed by atoms with E-state index in [0.29, 0.717) is 0 Å². The van der Waals surface area contributed by atoms with Gasteiger partial charge < -0.3 is 14.8 Å². The van der Waals surface area contributed by atoms with Crippen LogP contribution >= 0.6 is 23.2 Å². The summed E-state index contributed by atoms with van der Waals surface area (Å²) in [5.41, 5.74) is 0.249. The number of urea groups is 1. The smallest absolute Gasteiger partial charge is 0.338 e. The molecule has 2 aromatic rings. The van der Waals surface area contributed by atoms with Gasteiger partial charge in [0.15, 0.2) is 6.61 Å². The lowest BCUT2D eigenvalue weighted by Gasteiger charge is -2.14. The summed E-state index contributed by atoms with van der Waals surface area (Å²) < 4.78 is 9.64. The van der Waals surface area contributed by atoms with Crippen LogP contribution in [0, 0.1) is 0 Å². The summed E-state index contributed by atoms with van der Waals surface area (Å²) in [6.07, 6.45) is 0. The number of halogens is 2. The Morgan fingerprint density at radius 3 is 2.39 bits per heavy atom. The molecule has 0 atom stereocenters. The predicted octanol–water partition coefficient (Wildman–Crippen LogP) is 2.42. The average molecular weight is 494 g/mol. The largest absolute Gasteiger partial charge is 0.452 e. The third-order valence-corrected chi connectivity index (χ3v) is 5.20. The summed E-state index contributed by atoms with van der Waals surface area (Å²) in [6, 6.07) is 7.34. The lowest BCUT2D eigenvalue weighted by Crippen LogP contribution is -2.42. The number of imide groups is 2. The van der Waals surface area contributed by atoms with Crippen LogP contribution in [0.4, 0.5) is 10.5 Å². The van der Waals surface area contributed by atoms with Crippen molar-refractivity contribution in [1.29, 1.82) is 0 Å². The molecule has 12 heteroatoms. The molecule has 0 fully saturated rings. The van der Waals surface area contributed by atoms with Crippen LogP contribution < -0.4 is 15.5 Å². The maximum absolute atomic E-state index is 12.8. The van der Waals surface area contributed by atoms with Gasteiger partial charge in [-0.05, 0) is 36.4 Å². The fourth-order valence-electron chi connectivity index (χ4n) is 2.91. The molecule has 1 aliphatic heterocycles. The van der Waals surface area contributed by atoms with Gasteiger partial charge in [0, 0.05) is 13.7 Å². The molecule has 2 N–H and O–H groups in total. The Morgan fingerprint density at radius 2 is 1.70 bits per heavy atom. The highest BCUT2D eigenvalue weighted by Gasteiger charge is 2.37. The molecule has 0 bridgehead atoms. The van der Waals surface area contributed by atoms with Gasteiger partial charge in [-0.2, -0.15) is 0 Å². The minimum atomic E-state index is -0.916. The van der Waals surface area contributed by atoms with Crippen LogP contribution in [-0.2, 0) is 14.3 Å². The quantitative estimate of drug-likeness (QED) is 0.343. The molecule has 0 radical (unpaired) electrons. The first-order valence-corrected chi connectivity index (χ1v) is 10.2. The van der Waals surface area contributed by atoms with Crippen LogP contribution in [0.3, 0.4) is 0 Å². The fraction of sp³-hybridized carbons (Fsp3) is 0.190. The fourth-order valence-corrected chi connectivity index (χ4v) is 3.21. The maximum atomic E-state index is 12.8. The molecule has 0 saturated heterocycles. The lowest BCUT2D eigenvalue weighted by atomic mass is 10.1. The number of methoxy groups -OCH3 is 1. The van der Waals surface area contributed by atoms with Gasteiger partial charge in [0.1, 0.15) is 0 Å². The van der Waals surface area contributed by atoms with Crippen molar-refractivity contribution in [3.63, 3.8) is 0 Å². The molecule has 5 amide bonds. The number of nitrogens with zero attached hydrogens (tertiary/aromatic N) is 1. The number of nitrogens with one attached hydrogen (secondary N) is 2. The Morgan fingerprint density at radius 1 is 0.970 bits per heavy atom. The highest BCUT2D eigenvalue weighted by Crippen LogP contribution is 2.33. The van der Waals surface area contributed by atoms with E-state index in [9.17, 15) is 24.0 Å². The molecule has 33 heavy (non-hydrogen) atoms. The van der Waals surface area contributed by atoms with Gasteiger partial charge >= 0.3 is 12.0 Å². The van der Waals surface area contributed by atoms with E-state index in [1.165, 1.54) is 43.5 Å². The van der Waals surface area contributed by atoms with Crippen LogP contribution in [0.25, 0.3) is 0 Å². The number of ether oxygens (including phenoxy) is 2. The van der Waals surface area contributed by atoms with E-state index < -0.39 is 36.3 Å². The molecule has 10 nitrogen and oxygen atoms in total. The number of hydrogen-bond acceptors (Lipinski definition) is 7. The van der Waals surface area contributed by atoms with Crippen molar-refractivity contribution in [1.82, 2.24) is 10.6 Å². The van der Waals surface area contributed by atoms with Gasteiger partial charge in [-0.1, -0.05) is 23.2 Å². The summed E-state index contributed by atoms with van der Waals surface area (Å²) in [7, 11) is 1.46. The monoisotopic (exact) mass is 493 g/mol. The zero-order valence-corrected chi connectivity index (χ0v) is 18.7. The van der Waals surface area contributed by atoms with Gasteiger partial charge in [-0.3, -0.25) is 19.7 Å². The molecule has 172 valence electrons. The van der Waals surface area contributed by atoms with Crippen LogP contribution in [0.5, 0.6) is 0 Å². The Balaban J connectivity index is 1.65. The van der Waals surface area contributed by atoms with Crippen molar-refractivity contribution in [2.45, 2.75) is 0 Å². The molecule has 0 unspecified atom stereocenters. The molecule has 0 aliphatic carbocycles. The third-order valence-electron chi connectivity index (χ3n) is 4.46. The number of amides is 5. The summed E-state index contributed by atoms with van der Waals surface area (Å²) >= 11 is 11.9. The third kappa shape index (κ3) is 5.48. The van der Waals surface area contributed by atoms with Gasteiger partial charge in [0.05, 0.1) is 39.0 Å². The van der Waals surface area contributed by atoms with Gasteiger partial charge in [0.25, 0.3) is 17.7 Å². The predicted molar refractivity (Wildman–Crippen MR) is 118 cm³/mol. The Hall–Kier alpha value is -3.47. The van der Waals surface area contributed by atoms with E-state index in [0.717, 1.165) is 4.90 Å². The van der Waals surface area contributed by atoms with Gasteiger partial charge in [0.2, 0.25) is 0 Å². The van der Waals surface area contributed by atoms with E-state index in [-0.39, 0.29) is 45.6 Å². The number of esters is 1. The van der Waals surface area contributed by atoms with Crippen molar-refractivity contribution in [2.75, 3.05) is 31.8 Å². The molecule has 1 aliphatic rings. The molecule has 1 heterocycles. The summed E-state index contributed by atoms with van der Waals surface area (Å²) in [6.45, 7) is -0.273. The number of benzene rings is 2. The zero-order valence-electron chi connectivity index (χ0n) is 17.1. The van der Waals surface area contributed by atoms with Crippen molar-refractivity contribution in [3.05, 3.63) is 63.1 Å². The summed E-state index contributed by atoms with van der Waals surface area (Å²) in [5, 5.41) is 4.78. The van der Waals surface area contributed by atoms with E-state index in [4.69, 9.17) is 32.7 Å². The number of anilines is 1. The standard InChI is InChI=1S/C21H17Cl2N3O7/c1-32-7-6-24-21(31)25-17(27)10-33-20(30)11-2-4-13-14(8-11)19(29)26(18(13)28)12-3-5-15(22)16(23)9-12/h2-5,8-9H,6-7,10H2,1H3,(H2,24,25,27,31). The molecule has 3 rings (SSSR count). The minimum absolute atomic E-state index is 0.0116. The second-order valence-electron chi connectivity index (χ2n) is 6.68. The van der Waals surface area contributed by atoms with Crippen molar-refractivity contribution in [3.8, 4) is 0 Å². The second kappa shape index (κ2) is 10.4. The SMILES string of the molecule is COCCNC(=O)NC(=O)COC(=O)c1ccc2c(c1)C(=O)N(c1ccc(Cl)c(Cl)c1)C2=O. The van der Waals surface area contributed by atoms with Crippen LogP contribution in [0.2, 0.25) is 10.0 Å². The van der Waals surface area contributed by atoms with E-state index in [1.807, 2.05) is 5.32 Å². The molecule has 0 saturated carbocycles. The van der Waals surface area contributed by atoms with Crippen molar-refractivity contribution in [2.24, 2.45) is 0 Å². The minimum Gasteiger partial charge on any atom is -0.452 e. The number of carbonyl (C=O) groups excluding carboxylic acids is 5. The van der Waals surface area contributed by atoms with E-state index in [1.54, 1.807) is 0 Å². The van der Waals surface area contributed by atoms with Gasteiger partial charge in [-0.25, -0.2) is 14.5 Å². The summed E-state index contributed by atoms with van der Waals surface area (Å²) in [4.78, 5) is 62.0. The Kier molecular flexibility index (Phi) is 7.64. The van der Waals surface area contributed by atoms with Crippen LogP contribution in [0.1, 0.15) is 31.1 Å². The molecule has 2 aromatic carbocycles. The van der Waals surface area contributed by atoms with E-state index >= 15 is 0 Å². The van der Waals surface area contributed by atoms with Crippen molar-refractivity contribution < 1.29 is 33.4 Å². The summed E-state index contributed by atoms with van der Waals surface area (Å²) in [5.74, 6) is -3.02. The Bertz CT molecular complexity index is 1150. The molecule has 0 aromatic heterocycles. The molecular formula is C21H17Cl2N3O7. The highest BCUT2D eigenvalue weighted by atomic mass is 35.5. The number of fused-ring (bicyclic) bond motifs is 1. The second-order valence-corrected chi connectivity index (χ2v) is 7.49. The Labute approximate surface area is 197 Å². The number of rotatable bonds is 7. The van der Waals surface area contributed by atoms with Gasteiger partial charge in [-0.15, -0.1) is 0 Å². The molecule has 0 spiro atoms. The zero-order chi connectivity index (χ0) is 24.1. The lowest BCUT2D eigenvalue weighted by molar-refractivity contribution is -0.123. The molecular weight excluding hydrogens is 477 g/mol. The van der Waals surface area contributed by atoms with E-state index in [2.05, 4.69) is 5.32 Å². The van der Waals surface area contributed by atoms with Crippen LogP contribution in [0.15, 0.2) is 36.4 Å². The topological polar surface area (TPSA) is 131 Å². The highest BCUT2D eigenvalue weighted by molar-refractivity contribution is 6.42. The first-order valence-electron chi connectivity index (χ1n) is 9.44.